The van der Waals surface area contributed by atoms with Crippen molar-refractivity contribution in [3.05, 3.63) is 65.4 Å². The highest BCUT2D eigenvalue weighted by Gasteiger charge is 2.32. The van der Waals surface area contributed by atoms with Crippen LogP contribution in [0.25, 0.3) is 11.0 Å². The number of halogens is 1. The Morgan fingerprint density at radius 3 is 2.81 bits per heavy atom. The first-order valence-electron chi connectivity index (χ1n) is 9.08. The molecule has 5 heteroatoms. The van der Waals surface area contributed by atoms with Crippen LogP contribution in [0.15, 0.2) is 54.9 Å². The van der Waals surface area contributed by atoms with Gasteiger partial charge in [-0.15, -0.1) is 0 Å². The Balaban J connectivity index is 1.48. The van der Waals surface area contributed by atoms with Crippen LogP contribution in [0.1, 0.15) is 31.2 Å². The maximum atomic E-state index is 11.0. The van der Waals surface area contributed by atoms with E-state index in [0.29, 0.717) is 17.9 Å². The molecule has 1 saturated carbocycles. The molecule has 0 saturated heterocycles. The van der Waals surface area contributed by atoms with E-state index < -0.39 is 5.60 Å². The van der Waals surface area contributed by atoms with Crippen molar-refractivity contribution in [3.8, 4) is 11.8 Å². The molecule has 2 atom stereocenters. The van der Waals surface area contributed by atoms with Crippen molar-refractivity contribution in [2.75, 3.05) is 5.32 Å². The van der Waals surface area contributed by atoms with Gasteiger partial charge in [-0.3, -0.25) is 9.97 Å². The summed E-state index contributed by atoms with van der Waals surface area (Å²) in [7, 11) is 0. The van der Waals surface area contributed by atoms with E-state index in [4.69, 9.17) is 11.6 Å². The largest absolute Gasteiger partial charge is 0.382 e. The van der Waals surface area contributed by atoms with Gasteiger partial charge in [0, 0.05) is 41.1 Å². The van der Waals surface area contributed by atoms with E-state index in [1.54, 1.807) is 12.4 Å². The first-order valence-corrected chi connectivity index (χ1v) is 9.46. The number of nitrogens with one attached hydrogen (secondary N) is 1. The second kappa shape index (κ2) is 7.56. The molecule has 136 valence electrons. The molecule has 0 spiro atoms. The molecular formula is C22H20ClN3O. The number of nitrogens with zero attached hydrogens (tertiary/aromatic N) is 2. The van der Waals surface area contributed by atoms with Crippen LogP contribution in [-0.4, -0.2) is 26.7 Å². The van der Waals surface area contributed by atoms with Crippen molar-refractivity contribution in [1.29, 1.82) is 0 Å². The minimum absolute atomic E-state index is 0.159. The zero-order valence-electron chi connectivity index (χ0n) is 14.8. The molecule has 1 aromatic heterocycles. The van der Waals surface area contributed by atoms with Gasteiger partial charge in [-0.2, -0.15) is 0 Å². The second-order valence-corrected chi connectivity index (χ2v) is 7.43. The summed E-state index contributed by atoms with van der Waals surface area (Å²) in [4.78, 5) is 8.64. The van der Waals surface area contributed by atoms with Gasteiger partial charge in [-0.1, -0.05) is 29.5 Å². The lowest BCUT2D eigenvalue weighted by Gasteiger charge is -2.34. The third-order valence-electron chi connectivity index (χ3n) is 4.83. The highest BCUT2D eigenvalue weighted by Crippen LogP contribution is 2.30. The van der Waals surface area contributed by atoms with E-state index in [0.717, 1.165) is 35.1 Å². The molecule has 0 radical (unpaired) electrons. The smallest absolute Gasteiger partial charge is 0.127 e. The molecule has 0 aliphatic heterocycles. The van der Waals surface area contributed by atoms with Crippen LogP contribution in [0.2, 0.25) is 5.02 Å². The summed E-state index contributed by atoms with van der Waals surface area (Å²) in [5.41, 5.74) is 2.54. The summed E-state index contributed by atoms with van der Waals surface area (Å²) >= 11 is 6.01. The van der Waals surface area contributed by atoms with Crippen LogP contribution in [0.5, 0.6) is 0 Å². The van der Waals surface area contributed by atoms with Gasteiger partial charge in [-0.25, -0.2) is 0 Å². The third-order valence-corrected chi connectivity index (χ3v) is 5.07. The van der Waals surface area contributed by atoms with Crippen LogP contribution in [0.4, 0.5) is 5.69 Å². The van der Waals surface area contributed by atoms with E-state index >= 15 is 0 Å². The second-order valence-electron chi connectivity index (χ2n) is 6.99. The molecule has 2 aromatic carbocycles. The van der Waals surface area contributed by atoms with Gasteiger partial charge < -0.3 is 10.4 Å². The van der Waals surface area contributed by atoms with Gasteiger partial charge in [0.15, 0.2) is 0 Å². The van der Waals surface area contributed by atoms with E-state index in [9.17, 15) is 5.11 Å². The Bertz CT molecular complexity index is 1030. The number of fused-ring (bicyclic) bond motifs is 1. The normalized spacial score (nSPS) is 22.1. The van der Waals surface area contributed by atoms with Gasteiger partial charge in [-0.05, 0) is 55.7 Å². The molecule has 0 bridgehead atoms. The first-order chi connectivity index (χ1) is 13.1. The highest BCUT2D eigenvalue weighted by molar-refractivity contribution is 6.30. The maximum absolute atomic E-state index is 11.0. The van der Waals surface area contributed by atoms with Crippen molar-refractivity contribution in [1.82, 2.24) is 9.97 Å². The molecule has 0 unspecified atom stereocenters. The number of benzene rings is 2. The summed E-state index contributed by atoms with van der Waals surface area (Å²) in [6, 6.07) is 13.5. The molecule has 1 heterocycles. The molecule has 4 rings (SSSR count). The van der Waals surface area contributed by atoms with Crippen LogP contribution >= 0.6 is 11.6 Å². The molecule has 1 aliphatic rings. The summed E-state index contributed by atoms with van der Waals surface area (Å²) in [5.74, 6) is 6.15. The molecule has 27 heavy (non-hydrogen) atoms. The lowest BCUT2D eigenvalue weighted by molar-refractivity contribution is 0.0562. The quantitative estimate of drug-likeness (QED) is 0.649. The first kappa shape index (κ1) is 17.8. The zero-order valence-corrected chi connectivity index (χ0v) is 15.6. The van der Waals surface area contributed by atoms with Crippen molar-refractivity contribution >= 4 is 28.3 Å². The van der Waals surface area contributed by atoms with Gasteiger partial charge in [0.25, 0.3) is 0 Å². The topological polar surface area (TPSA) is 58.0 Å². The lowest BCUT2D eigenvalue weighted by atomic mass is 9.82. The zero-order chi connectivity index (χ0) is 18.7. The third kappa shape index (κ3) is 4.39. The Morgan fingerprint density at radius 1 is 1.11 bits per heavy atom. The van der Waals surface area contributed by atoms with Crippen LogP contribution < -0.4 is 5.32 Å². The molecule has 1 aliphatic carbocycles. The van der Waals surface area contributed by atoms with Crippen LogP contribution in [0, 0.1) is 11.8 Å². The van der Waals surface area contributed by atoms with Gasteiger partial charge in [0.05, 0.1) is 11.0 Å². The lowest BCUT2D eigenvalue weighted by Crippen LogP contribution is -2.39. The number of hydrogen-bond acceptors (Lipinski definition) is 4. The standard InChI is InChI=1S/C22H20ClN3O/c23-17-4-1-3-16(13-17)8-10-22(27)9-2-5-19(15-22)26-18-6-7-20-21(14-18)25-12-11-24-20/h1,3-4,6-7,11-14,19,26-27H,2,5,9,15H2/t19-,22+/m1/s1. The SMILES string of the molecule is O[C@]1(C#Cc2cccc(Cl)c2)CCC[C@@H](Nc2ccc3nccnc3c2)C1. The predicted octanol–water partition coefficient (Wildman–Crippen LogP) is 4.42. The summed E-state index contributed by atoms with van der Waals surface area (Å²) in [6.07, 6.45) is 6.57. The minimum atomic E-state index is -0.991. The van der Waals surface area contributed by atoms with Crippen molar-refractivity contribution < 1.29 is 5.11 Å². The number of aliphatic hydroxyl groups is 1. The van der Waals surface area contributed by atoms with Gasteiger partial charge in [0.2, 0.25) is 0 Å². The molecule has 1 fully saturated rings. The van der Waals surface area contributed by atoms with Gasteiger partial charge in [0.1, 0.15) is 5.60 Å². The molecule has 2 N–H and O–H groups in total. The minimum Gasteiger partial charge on any atom is -0.382 e. The van der Waals surface area contributed by atoms with Crippen molar-refractivity contribution in [2.45, 2.75) is 37.3 Å². The maximum Gasteiger partial charge on any atom is 0.127 e. The summed E-state index contributed by atoms with van der Waals surface area (Å²) in [6.45, 7) is 0. The Morgan fingerprint density at radius 2 is 1.96 bits per heavy atom. The molecule has 3 aromatic rings. The fourth-order valence-corrected chi connectivity index (χ4v) is 3.72. The van der Waals surface area contributed by atoms with Crippen LogP contribution in [-0.2, 0) is 0 Å². The Kier molecular flexibility index (Phi) is 4.98. The number of aromatic nitrogens is 2. The van der Waals surface area contributed by atoms with Crippen molar-refractivity contribution in [2.24, 2.45) is 0 Å². The number of anilines is 1. The fourth-order valence-electron chi connectivity index (χ4n) is 3.53. The molecular weight excluding hydrogens is 358 g/mol. The Hall–Kier alpha value is -2.61. The average Bonchev–Trinajstić information content (AvgIpc) is 2.67. The summed E-state index contributed by atoms with van der Waals surface area (Å²) in [5, 5.41) is 15.1. The highest BCUT2D eigenvalue weighted by atomic mass is 35.5. The van der Waals surface area contributed by atoms with E-state index in [1.165, 1.54) is 0 Å². The van der Waals surface area contributed by atoms with E-state index in [1.807, 2.05) is 42.5 Å². The fraction of sp³-hybridized carbons (Fsp3) is 0.273. The summed E-state index contributed by atoms with van der Waals surface area (Å²) < 4.78 is 0. The number of rotatable bonds is 2. The van der Waals surface area contributed by atoms with Gasteiger partial charge >= 0.3 is 0 Å². The van der Waals surface area contributed by atoms with Crippen molar-refractivity contribution in [3.63, 3.8) is 0 Å². The molecule has 0 amide bonds. The monoisotopic (exact) mass is 377 g/mol. The van der Waals surface area contributed by atoms with E-state index in [2.05, 4.69) is 27.1 Å². The predicted molar refractivity (Wildman–Crippen MR) is 109 cm³/mol. The average molecular weight is 378 g/mol. The van der Waals surface area contributed by atoms with E-state index in [-0.39, 0.29) is 6.04 Å². The van der Waals surface area contributed by atoms with Crippen LogP contribution in [0.3, 0.4) is 0 Å². The Labute approximate surface area is 163 Å². The number of hydrogen-bond donors (Lipinski definition) is 2. The molecule has 4 nitrogen and oxygen atoms in total.